The molecule has 0 aromatic heterocycles. The molecule has 0 saturated heterocycles. The van der Waals surface area contributed by atoms with E-state index in [-0.39, 0.29) is 12.0 Å². The number of methoxy groups -OCH3 is 1. The molecular weight excluding hydrogens is 334 g/mol. The van der Waals surface area contributed by atoms with Gasteiger partial charge in [0.05, 0.1) is 12.2 Å². The summed E-state index contributed by atoms with van der Waals surface area (Å²) in [6.07, 6.45) is 4.63. The number of unbranched alkanes of at least 4 members (excludes halogenated alkanes) is 3. The van der Waals surface area contributed by atoms with E-state index in [0.29, 0.717) is 37.4 Å². The highest BCUT2D eigenvalue weighted by Crippen LogP contribution is 2.35. The van der Waals surface area contributed by atoms with E-state index < -0.39 is 11.9 Å². The Labute approximate surface area is 155 Å². The van der Waals surface area contributed by atoms with Crippen molar-refractivity contribution in [2.75, 3.05) is 25.2 Å². The number of anilines is 1. The highest BCUT2D eigenvalue weighted by molar-refractivity contribution is 6.06. The number of carboxylic acid groups (broad SMARTS) is 1. The number of aliphatic carboxylic acids is 1. The Morgan fingerprint density at radius 3 is 2.77 bits per heavy atom. The molecule has 26 heavy (non-hydrogen) atoms. The molecule has 2 atom stereocenters. The molecule has 0 bridgehead atoms. The molecule has 1 aliphatic heterocycles. The van der Waals surface area contributed by atoms with Crippen LogP contribution in [-0.2, 0) is 14.3 Å². The Kier molecular flexibility index (Phi) is 7.91. The normalized spacial score (nSPS) is 17.3. The van der Waals surface area contributed by atoms with Gasteiger partial charge in [0, 0.05) is 20.1 Å². The van der Waals surface area contributed by atoms with Crippen molar-refractivity contribution in [3.8, 4) is 5.75 Å². The maximum absolute atomic E-state index is 13.0. The molecular formula is C20H29NO5. The third kappa shape index (κ3) is 5.21. The summed E-state index contributed by atoms with van der Waals surface area (Å²) in [7, 11) is 1.62. The van der Waals surface area contributed by atoms with Gasteiger partial charge >= 0.3 is 5.97 Å². The van der Waals surface area contributed by atoms with E-state index in [1.165, 1.54) is 0 Å². The minimum absolute atomic E-state index is 0.205. The van der Waals surface area contributed by atoms with Crippen LogP contribution in [0.25, 0.3) is 0 Å². The first-order chi connectivity index (χ1) is 12.6. The zero-order valence-corrected chi connectivity index (χ0v) is 15.6. The number of hydrogen-bond donors (Lipinski definition) is 1. The van der Waals surface area contributed by atoms with E-state index in [1.807, 2.05) is 18.2 Å². The molecule has 2 rings (SSSR count). The summed E-state index contributed by atoms with van der Waals surface area (Å²) in [6.45, 7) is 2.97. The van der Waals surface area contributed by atoms with Crippen molar-refractivity contribution in [2.24, 2.45) is 5.92 Å². The second-order valence-electron chi connectivity index (χ2n) is 6.68. The fourth-order valence-corrected chi connectivity index (χ4v) is 3.22. The molecule has 1 N–H and O–H groups in total. The highest BCUT2D eigenvalue weighted by atomic mass is 16.5. The number of hydrogen-bond acceptors (Lipinski definition) is 4. The third-order valence-corrected chi connectivity index (χ3v) is 4.69. The molecule has 6 heteroatoms. The van der Waals surface area contributed by atoms with E-state index in [9.17, 15) is 14.7 Å². The Morgan fingerprint density at radius 1 is 1.31 bits per heavy atom. The van der Waals surface area contributed by atoms with Crippen LogP contribution in [0.1, 0.15) is 45.4 Å². The lowest BCUT2D eigenvalue weighted by molar-refractivity contribution is -0.146. The van der Waals surface area contributed by atoms with Crippen LogP contribution in [0.15, 0.2) is 24.3 Å². The van der Waals surface area contributed by atoms with E-state index >= 15 is 0 Å². The lowest BCUT2D eigenvalue weighted by Gasteiger charge is -2.36. The van der Waals surface area contributed by atoms with Crippen LogP contribution in [0, 0.1) is 5.92 Å². The summed E-state index contributed by atoms with van der Waals surface area (Å²) in [6, 6.07) is 7.29. The Balaban J connectivity index is 2.16. The number of benzene rings is 1. The van der Waals surface area contributed by atoms with E-state index in [0.717, 1.165) is 25.7 Å². The molecule has 1 aromatic carbocycles. The molecule has 1 heterocycles. The van der Waals surface area contributed by atoms with Gasteiger partial charge in [-0.05, 0) is 18.6 Å². The Bertz CT molecular complexity index is 604. The average Bonchev–Trinajstić information content (AvgIpc) is 2.65. The molecule has 0 fully saturated rings. The van der Waals surface area contributed by atoms with Crippen molar-refractivity contribution >= 4 is 17.6 Å². The second-order valence-corrected chi connectivity index (χ2v) is 6.68. The number of amides is 1. The molecule has 1 aliphatic rings. The predicted molar refractivity (Wildman–Crippen MR) is 99.6 cm³/mol. The first-order valence-corrected chi connectivity index (χ1v) is 9.37. The van der Waals surface area contributed by atoms with E-state index in [2.05, 4.69) is 6.92 Å². The van der Waals surface area contributed by atoms with Crippen molar-refractivity contribution in [1.29, 1.82) is 0 Å². The number of nitrogens with zero attached hydrogens (tertiary/aromatic N) is 1. The largest absolute Gasteiger partial charge is 0.486 e. The monoisotopic (exact) mass is 363 g/mol. The van der Waals surface area contributed by atoms with Crippen LogP contribution in [0.5, 0.6) is 5.75 Å². The van der Waals surface area contributed by atoms with Crippen molar-refractivity contribution in [2.45, 2.75) is 51.6 Å². The summed E-state index contributed by atoms with van der Waals surface area (Å²) < 4.78 is 11.1. The number of para-hydroxylation sites is 2. The molecule has 0 spiro atoms. The predicted octanol–water partition coefficient (Wildman–Crippen LogP) is 3.49. The number of carbonyl (C=O) groups excluding carboxylic acids is 1. The number of fused-ring (bicyclic) bond motifs is 1. The second kappa shape index (κ2) is 10.2. The number of carboxylic acids is 1. The maximum atomic E-state index is 13.0. The zero-order chi connectivity index (χ0) is 18.9. The van der Waals surface area contributed by atoms with Gasteiger partial charge in [-0.3, -0.25) is 9.59 Å². The van der Waals surface area contributed by atoms with Gasteiger partial charge in [0.15, 0.2) is 0 Å². The van der Waals surface area contributed by atoms with Gasteiger partial charge in [-0.1, -0.05) is 44.7 Å². The third-order valence-electron chi connectivity index (χ3n) is 4.69. The highest BCUT2D eigenvalue weighted by Gasteiger charge is 2.36. The minimum Gasteiger partial charge on any atom is -0.486 e. The van der Waals surface area contributed by atoms with Crippen LogP contribution in [-0.4, -0.2) is 43.3 Å². The van der Waals surface area contributed by atoms with Crippen molar-refractivity contribution in [1.82, 2.24) is 0 Å². The van der Waals surface area contributed by atoms with Gasteiger partial charge in [-0.25, -0.2) is 0 Å². The van der Waals surface area contributed by atoms with Crippen molar-refractivity contribution in [3.05, 3.63) is 24.3 Å². The summed E-state index contributed by atoms with van der Waals surface area (Å²) >= 11 is 0. The molecule has 0 radical (unpaired) electrons. The lowest BCUT2D eigenvalue weighted by Crippen LogP contribution is -2.47. The van der Waals surface area contributed by atoms with E-state index in [1.54, 1.807) is 18.1 Å². The van der Waals surface area contributed by atoms with Crippen LogP contribution < -0.4 is 9.64 Å². The van der Waals surface area contributed by atoms with Crippen molar-refractivity contribution < 1.29 is 24.2 Å². The molecule has 6 nitrogen and oxygen atoms in total. The summed E-state index contributed by atoms with van der Waals surface area (Å²) in [5, 5.41) is 9.59. The maximum Gasteiger partial charge on any atom is 0.316 e. The SMILES string of the molecule is CCCCCC[C@H](C(=O)O)C(=O)N1CC(CCOC)Oc2ccccc21. The summed E-state index contributed by atoms with van der Waals surface area (Å²) in [5.74, 6) is -1.81. The fourth-order valence-electron chi connectivity index (χ4n) is 3.22. The van der Waals surface area contributed by atoms with Gasteiger partial charge in [-0.15, -0.1) is 0 Å². The van der Waals surface area contributed by atoms with E-state index in [4.69, 9.17) is 9.47 Å². The Morgan fingerprint density at radius 2 is 2.08 bits per heavy atom. The zero-order valence-electron chi connectivity index (χ0n) is 15.6. The van der Waals surface area contributed by atoms with Crippen LogP contribution in [0.3, 0.4) is 0 Å². The van der Waals surface area contributed by atoms with Gasteiger partial charge < -0.3 is 19.5 Å². The average molecular weight is 363 g/mol. The van der Waals surface area contributed by atoms with Gasteiger partial charge in [0.25, 0.3) is 0 Å². The molecule has 1 unspecified atom stereocenters. The molecule has 1 aromatic rings. The lowest BCUT2D eigenvalue weighted by atomic mass is 9.98. The van der Waals surface area contributed by atoms with Gasteiger partial charge in [0.1, 0.15) is 17.8 Å². The number of rotatable bonds is 10. The minimum atomic E-state index is -1.05. The molecule has 0 aliphatic carbocycles. The number of ether oxygens (including phenoxy) is 2. The van der Waals surface area contributed by atoms with Gasteiger partial charge in [-0.2, -0.15) is 0 Å². The quantitative estimate of drug-likeness (QED) is 0.509. The summed E-state index contributed by atoms with van der Waals surface area (Å²) in [4.78, 5) is 26.3. The molecule has 144 valence electrons. The number of carbonyl (C=O) groups is 2. The first-order valence-electron chi connectivity index (χ1n) is 9.37. The van der Waals surface area contributed by atoms with Crippen LogP contribution in [0.4, 0.5) is 5.69 Å². The topological polar surface area (TPSA) is 76.1 Å². The van der Waals surface area contributed by atoms with Crippen LogP contribution in [0.2, 0.25) is 0 Å². The standard InChI is InChI=1S/C20H29NO5/c1-3-4-5-6-9-16(20(23)24)19(22)21-14-15(12-13-25-2)26-18-11-8-7-10-17(18)21/h7-8,10-11,15-16H,3-6,9,12-14H2,1-2H3,(H,23,24)/t15?,16-/m0/s1. The smallest absolute Gasteiger partial charge is 0.316 e. The first kappa shape index (κ1) is 20.2. The molecule has 0 saturated carbocycles. The fraction of sp³-hybridized carbons (Fsp3) is 0.600. The Hall–Kier alpha value is -2.08. The molecule has 1 amide bonds. The van der Waals surface area contributed by atoms with Gasteiger partial charge in [0.2, 0.25) is 5.91 Å². The van der Waals surface area contributed by atoms with Crippen LogP contribution >= 0.6 is 0 Å². The summed E-state index contributed by atoms with van der Waals surface area (Å²) in [5.41, 5.74) is 0.644. The van der Waals surface area contributed by atoms with Crippen molar-refractivity contribution in [3.63, 3.8) is 0 Å².